The zero-order valence-corrected chi connectivity index (χ0v) is 21.1. The molecular weight excluding hydrogens is 481 g/mol. The van der Waals surface area contributed by atoms with Gasteiger partial charge in [-0.25, -0.2) is 4.39 Å². The van der Waals surface area contributed by atoms with Gasteiger partial charge in [0.1, 0.15) is 6.17 Å². The Morgan fingerprint density at radius 2 is 2.05 bits per heavy atom. The van der Waals surface area contributed by atoms with E-state index in [0.29, 0.717) is 55.8 Å². The first kappa shape index (κ1) is 26.6. The molecule has 0 saturated carbocycles. The molecule has 6 nitrogen and oxygen atoms in total. The van der Waals surface area contributed by atoms with Crippen molar-refractivity contribution in [3.63, 3.8) is 0 Å². The van der Waals surface area contributed by atoms with Gasteiger partial charge in [0.2, 0.25) is 0 Å². The van der Waals surface area contributed by atoms with Crippen molar-refractivity contribution < 1.29 is 22.7 Å². The molecule has 1 amide bonds. The number of carbonyl (C=O) groups excluding carboxylic acids is 1. The molecule has 2 atom stereocenters. The lowest BCUT2D eigenvalue weighted by Crippen LogP contribution is -2.40. The molecule has 9 heteroatoms. The van der Waals surface area contributed by atoms with Gasteiger partial charge in [0, 0.05) is 51.3 Å². The third-order valence-electron chi connectivity index (χ3n) is 6.89. The van der Waals surface area contributed by atoms with E-state index in [2.05, 4.69) is 28.5 Å². The molecule has 0 bridgehead atoms. The Hall–Kier alpha value is -3.51. The van der Waals surface area contributed by atoms with E-state index >= 15 is 0 Å². The van der Waals surface area contributed by atoms with Gasteiger partial charge in [-0.2, -0.15) is 8.78 Å². The predicted octanol–water partition coefficient (Wildman–Crippen LogP) is 5.41. The Kier molecular flexibility index (Phi) is 8.39. The number of anilines is 2. The van der Waals surface area contributed by atoms with E-state index in [0.717, 1.165) is 6.54 Å². The van der Waals surface area contributed by atoms with Crippen LogP contribution in [0.1, 0.15) is 42.1 Å². The molecule has 2 heterocycles. The van der Waals surface area contributed by atoms with E-state index < -0.39 is 12.8 Å². The number of rotatable bonds is 7. The van der Waals surface area contributed by atoms with Crippen LogP contribution in [0.25, 0.3) is 0 Å². The summed E-state index contributed by atoms with van der Waals surface area (Å²) in [7, 11) is 1.71. The number of hydrogen-bond donors (Lipinski definition) is 0. The molecule has 1 fully saturated rings. The summed E-state index contributed by atoms with van der Waals surface area (Å²) in [5.74, 6) is 5.94. The van der Waals surface area contributed by atoms with Crippen molar-refractivity contribution >= 4 is 29.7 Å². The number of benzene rings is 2. The van der Waals surface area contributed by atoms with Gasteiger partial charge in [0.15, 0.2) is 5.75 Å². The highest BCUT2D eigenvalue weighted by Crippen LogP contribution is 2.44. The van der Waals surface area contributed by atoms with Gasteiger partial charge in [0.25, 0.3) is 5.91 Å². The highest BCUT2D eigenvalue weighted by atomic mass is 19.3. The fourth-order valence-electron chi connectivity index (χ4n) is 4.88. The van der Waals surface area contributed by atoms with Gasteiger partial charge in [-0.15, -0.1) is 0 Å². The number of amides is 1. The van der Waals surface area contributed by atoms with E-state index in [1.54, 1.807) is 24.1 Å². The lowest BCUT2D eigenvalue weighted by Gasteiger charge is -2.31. The molecule has 0 N–H and O–H groups in total. The molecule has 2 aliphatic heterocycles. The van der Waals surface area contributed by atoms with E-state index in [1.165, 1.54) is 12.1 Å². The van der Waals surface area contributed by atoms with Crippen LogP contribution < -0.4 is 9.64 Å². The molecule has 2 aromatic carbocycles. The number of fused-ring (bicyclic) bond motifs is 1. The third-order valence-corrected chi connectivity index (χ3v) is 6.89. The zero-order chi connectivity index (χ0) is 26.5. The predicted molar refractivity (Wildman–Crippen MR) is 139 cm³/mol. The van der Waals surface area contributed by atoms with Gasteiger partial charge in [-0.3, -0.25) is 14.7 Å². The van der Waals surface area contributed by atoms with Gasteiger partial charge in [0.05, 0.1) is 22.6 Å². The first-order valence-electron chi connectivity index (χ1n) is 12.4. The second-order valence-corrected chi connectivity index (χ2v) is 9.22. The largest absolute Gasteiger partial charge is 0.433 e. The maximum Gasteiger partial charge on any atom is 0.387 e. The number of para-hydroxylation sites is 1. The summed E-state index contributed by atoms with van der Waals surface area (Å²) in [6.07, 6.45) is 1.06. The number of likely N-dealkylation sites (tertiary alicyclic amines) is 1. The topological polar surface area (TPSA) is 48.4 Å². The summed E-state index contributed by atoms with van der Waals surface area (Å²) in [6.45, 7) is 4.84. The number of ether oxygens (including phenoxy) is 1. The van der Waals surface area contributed by atoms with E-state index in [9.17, 15) is 18.0 Å². The monoisotopic (exact) mass is 512 g/mol. The summed E-state index contributed by atoms with van der Waals surface area (Å²) < 4.78 is 45.0. The molecule has 37 heavy (non-hydrogen) atoms. The molecular formula is C28H31F3N4O2. The molecule has 0 aliphatic carbocycles. The van der Waals surface area contributed by atoms with Crippen molar-refractivity contribution in [1.82, 2.24) is 9.80 Å². The molecule has 2 aromatic rings. The molecule has 4 rings (SSSR count). The minimum atomic E-state index is -3.05. The summed E-state index contributed by atoms with van der Waals surface area (Å²) >= 11 is 0. The average Bonchev–Trinajstić information content (AvgIpc) is 3.26. The van der Waals surface area contributed by atoms with Crippen LogP contribution >= 0.6 is 0 Å². The Balaban J connectivity index is 1.74. The quantitative estimate of drug-likeness (QED) is 0.368. The van der Waals surface area contributed by atoms with Gasteiger partial charge in [-0.1, -0.05) is 24.8 Å². The van der Waals surface area contributed by atoms with Crippen LogP contribution in [0.15, 0.2) is 41.4 Å². The lowest BCUT2D eigenvalue weighted by molar-refractivity contribution is -0.0495. The Morgan fingerprint density at radius 1 is 1.24 bits per heavy atom. The van der Waals surface area contributed by atoms with Crippen LogP contribution in [-0.4, -0.2) is 74.5 Å². The van der Waals surface area contributed by atoms with Crippen LogP contribution in [0.4, 0.5) is 30.2 Å². The minimum absolute atomic E-state index is 0.0886. The number of nitrogens with zero attached hydrogens (tertiary/aromatic N) is 4. The number of hydrogen-bond acceptors (Lipinski definition) is 5. The van der Waals surface area contributed by atoms with Crippen molar-refractivity contribution in [1.29, 1.82) is 0 Å². The maximum absolute atomic E-state index is 13.4. The van der Waals surface area contributed by atoms with E-state index in [-0.39, 0.29) is 28.9 Å². The summed E-state index contributed by atoms with van der Waals surface area (Å²) in [5.41, 5.74) is 2.36. The van der Waals surface area contributed by atoms with Gasteiger partial charge in [-0.05, 0) is 49.9 Å². The number of aliphatic imine (C=N–C) groups is 1. The van der Waals surface area contributed by atoms with Crippen LogP contribution in [0.3, 0.4) is 0 Å². The number of halogens is 3. The van der Waals surface area contributed by atoms with Crippen LogP contribution in [-0.2, 0) is 0 Å². The number of alkyl halides is 3. The minimum Gasteiger partial charge on any atom is -0.433 e. The molecule has 2 unspecified atom stereocenters. The molecule has 0 aromatic heterocycles. The Morgan fingerprint density at radius 3 is 2.73 bits per heavy atom. The van der Waals surface area contributed by atoms with E-state index in [1.807, 2.05) is 24.0 Å². The first-order chi connectivity index (χ1) is 17.8. The lowest BCUT2D eigenvalue weighted by atomic mass is 10.1. The molecule has 0 spiro atoms. The summed E-state index contributed by atoms with van der Waals surface area (Å²) in [4.78, 5) is 23.0. The Bertz CT molecular complexity index is 1210. The first-order valence-corrected chi connectivity index (χ1v) is 12.4. The fraction of sp³-hybridized carbons (Fsp3) is 0.429. The normalized spacial score (nSPS) is 19.9. The average molecular weight is 513 g/mol. The number of likely N-dealkylation sites (N-methyl/N-ethyl adjacent to an activating group) is 1. The highest BCUT2D eigenvalue weighted by molar-refractivity contribution is 6.03. The van der Waals surface area contributed by atoms with Crippen molar-refractivity contribution in [2.24, 2.45) is 4.99 Å². The molecule has 0 radical (unpaired) electrons. The molecule has 196 valence electrons. The molecule has 1 saturated heterocycles. The fourth-order valence-corrected chi connectivity index (χ4v) is 4.88. The van der Waals surface area contributed by atoms with E-state index in [4.69, 9.17) is 4.74 Å². The number of carbonyl (C=O) groups is 1. The highest BCUT2D eigenvalue weighted by Gasteiger charge is 2.34. The van der Waals surface area contributed by atoms with Crippen molar-refractivity contribution in [3.8, 4) is 17.6 Å². The van der Waals surface area contributed by atoms with Gasteiger partial charge >= 0.3 is 6.61 Å². The zero-order valence-electron chi connectivity index (χ0n) is 21.1. The van der Waals surface area contributed by atoms with Crippen molar-refractivity contribution in [3.05, 3.63) is 47.5 Å². The van der Waals surface area contributed by atoms with Gasteiger partial charge < -0.3 is 14.5 Å². The van der Waals surface area contributed by atoms with Crippen molar-refractivity contribution in [2.75, 3.05) is 38.1 Å². The van der Waals surface area contributed by atoms with Crippen LogP contribution in [0.5, 0.6) is 5.75 Å². The third kappa shape index (κ3) is 5.91. The molecule has 2 aliphatic rings. The Labute approximate surface area is 215 Å². The summed E-state index contributed by atoms with van der Waals surface area (Å²) in [5, 5.41) is 0. The van der Waals surface area contributed by atoms with Crippen molar-refractivity contribution in [2.45, 2.75) is 45.0 Å². The summed E-state index contributed by atoms with van der Waals surface area (Å²) in [6, 6.07) is 9.82. The van der Waals surface area contributed by atoms with Crippen LogP contribution in [0.2, 0.25) is 0 Å². The second-order valence-electron chi connectivity index (χ2n) is 9.22. The SMILES string of the molecule is C=Nc1ccc(C#CCCN2CCC(F)C2)cc1N1CC(CC)N(C)C(=O)c2cccc(OC(F)F)c21. The standard InChI is InChI=1S/C28H31F3N4O2/c1-4-21-18-35(26-22(27(36)33(21)3)9-7-10-25(26)37-28(30)31)24-16-19(11-12-23(24)32-2)8-5-6-14-34-15-13-20(29)17-34/h7,9-12,16,20-21,28H,2,4,6,13-15,17-18H2,1,3H3. The smallest absolute Gasteiger partial charge is 0.387 e. The van der Waals surface area contributed by atoms with Crippen LogP contribution in [0, 0.1) is 11.8 Å². The maximum atomic E-state index is 13.4. The second kappa shape index (κ2) is 11.7.